The number of allylic oxidation sites excluding steroid dienone is 2. The second-order valence-corrected chi connectivity index (χ2v) is 4.17. The molecule has 0 radical (unpaired) electrons. The molecular weight excluding hydrogens is 120 g/mol. The summed E-state index contributed by atoms with van der Waals surface area (Å²) < 4.78 is 0. The Labute approximate surface area is 63.3 Å². The molecule has 0 heteroatoms. The van der Waals surface area contributed by atoms with Gasteiger partial charge in [0.05, 0.1) is 0 Å². The first-order valence-corrected chi connectivity index (χ1v) is 4.44. The zero-order valence-electron chi connectivity index (χ0n) is 6.93. The molecule has 2 aliphatic carbocycles. The van der Waals surface area contributed by atoms with Crippen molar-refractivity contribution in [2.45, 2.75) is 33.1 Å². The van der Waals surface area contributed by atoms with E-state index in [-0.39, 0.29) is 0 Å². The largest absolute Gasteiger partial charge is 0.0848 e. The maximum atomic E-state index is 2.45. The quantitative estimate of drug-likeness (QED) is 0.486. The van der Waals surface area contributed by atoms with Gasteiger partial charge in [-0.05, 0) is 30.1 Å². The number of rotatable bonds is 1. The molecule has 0 heterocycles. The second kappa shape index (κ2) is 1.87. The summed E-state index contributed by atoms with van der Waals surface area (Å²) in [6, 6.07) is 0. The molecule has 1 saturated carbocycles. The van der Waals surface area contributed by atoms with Gasteiger partial charge in [0, 0.05) is 0 Å². The first kappa shape index (κ1) is 6.45. The smallest absolute Gasteiger partial charge is 0.0112 e. The molecule has 0 amide bonds. The van der Waals surface area contributed by atoms with Crippen LogP contribution < -0.4 is 0 Å². The summed E-state index contributed by atoms with van der Waals surface area (Å²) >= 11 is 0. The van der Waals surface area contributed by atoms with Crippen molar-refractivity contribution in [3.8, 4) is 0 Å². The van der Waals surface area contributed by atoms with Crippen molar-refractivity contribution in [3.63, 3.8) is 0 Å². The van der Waals surface area contributed by atoms with Crippen molar-refractivity contribution in [2.75, 3.05) is 0 Å². The zero-order valence-corrected chi connectivity index (χ0v) is 6.93. The molecule has 10 heavy (non-hydrogen) atoms. The Morgan fingerprint density at radius 2 is 2.40 bits per heavy atom. The van der Waals surface area contributed by atoms with E-state index in [1.165, 1.54) is 19.3 Å². The molecule has 0 aromatic heterocycles. The first-order chi connectivity index (χ1) is 4.74. The average molecular weight is 136 g/mol. The third-order valence-electron chi connectivity index (χ3n) is 3.46. The SMILES string of the molecule is CCC1CC2C=CC1(C)C2. The molecule has 0 saturated heterocycles. The van der Waals surface area contributed by atoms with Crippen LogP contribution in [0.3, 0.4) is 0 Å². The zero-order chi connectivity index (χ0) is 7.19. The molecule has 0 aromatic carbocycles. The van der Waals surface area contributed by atoms with Crippen molar-refractivity contribution in [1.29, 1.82) is 0 Å². The summed E-state index contributed by atoms with van der Waals surface area (Å²) in [5, 5.41) is 0. The van der Waals surface area contributed by atoms with Gasteiger partial charge in [0.25, 0.3) is 0 Å². The van der Waals surface area contributed by atoms with Crippen molar-refractivity contribution in [3.05, 3.63) is 12.2 Å². The van der Waals surface area contributed by atoms with Gasteiger partial charge in [-0.1, -0.05) is 32.4 Å². The lowest BCUT2D eigenvalue weighted by molar-refractivity contribution is 0.299. The van der Waals surface area contributed by atoms with Crippen LogP contribution in [-0.4, -0.2) is 0 Å². The van der Waals surface area contributed by atoms with Crippen LogP contribution in [0.1, 0.15) is 33.1 Å². The molecule has 0 N–H and O–H groups in total. The summed E-state index contributed by atoms with van der Waals surface area (Å²) in [7, 11) is 0. The van der Waals surface area contributed by atoms with Gasteiger partial charge in [-0.3, -0.25) is 0 Å². The van der Waals surface area contributed by atoms with Gasteiger partial charge in [-0.15, -0.1) is 0 Å². The normalized spacial score (nSPS) is 50.6. The van der Waals surface area contributed by atoms with Crippen LogP contribution in [0, 0.1) is 17.3 Å². The molecule has 0 spiro atoms. The minimum atomic E-state index is 0.597. The van der Waals surface area contributed by atoms with E-state index >= 15 is 0 Å². The fourth-order valence-electron chi connectivity index (χ4n) is 2.79. The van der Waals surface area contributed by atoms with E-state index in [1.807, 2.05) is 0 Å². The third kappa shape index (κ3) is 0.680. The Bertz CT molecular complexity index is 169. The molecule has 2 bridgehead atoms. The van der Waals surface area contributed by atoms with Crippen molar-refractivity contribution in [1.82, 2.24) is 0 Å². The predicted molar refractivity (Wildman–Crippen MR) is 43.8 cm³/mol. The van der Waals surface area contributed by atoms with Gasteiger partial charge in [0.15, 0.2) is 0 Å². The van der Waals surface area contributed by atoms with Crippen LogP contribution in [0.25, 0.3) is 0 Å². The van der Waals surface area contributed by atoms with Gasteiger partial charge in [0.1, 0.15) is 0 Å². The lowest BCUT2D eigenvalue weighted by Crippen LogP contribution is -2.17. The summed E-state index contributed by atoms with van der Waals surface area (Å²) in [6.45, 7) is 4.75. The Kier molecular flexibility index (Phi) is 1.21. The number of hydrogen-bond donors (Lipinski definition) is 0. The summed E-state index contributed by atoms with van der Waals surface area (Å²) in [5.41, 5.74) is 0.597. The van der Waals surface area contributed by atoms with Gasteiger partial charge < -0.3 is 0 Å². The van der Waals surface area contributed by atoms with Crippen LogP contribution >= 0.6 is 0 Å². The average Bonchev–Trinajstić information content (AvgIpc) is 2.41. The minimum Gasteiger partial charge on any atom is -0.0848 e. The van der Waals surface area contributed by atoms with Crippen LogP contribution in [-0.2, 0) is 0 Å². The van der Waals surface area contributed by atoms with E-state index in [4.69, 9.17) is 0 Å². The van der Waals surface area contributed by atoms with E-state index in [0.29, 0.717) is 5.41 Å². The van der Waals surface area contributed by atoms with Crippen molar-refractivity contribution >= 4 is 0 Å². The molecule has 0 nitrogen and oxygen atoms in total. The standard InChI is InChI=1S/C10H16/c1-3-9-6-8-4-5-10(9,2)7-8/h4-5,8-9H,3,6-7H2,1-2H3. The van der Waals surface area contributed by atoms with Crippen molar-refractivity contribution < 1.29 is 0 Å². The fraction of sp³-hybridized carbons (Fsp3) is 0.800. The second-order valence-electron chi connectivity index (χ2n) is 4.17. The highest BCUT2D eigenvalue weighted by molar-refractivity contribution is 5.16. The van der Waals surface area contributed by atoms with Crippen molar-refractivity contribution in [2.24, 2.45) is 17.3 Å². The molecule has 2 rings (SSSR count). The van der Waals surface area contributed by atoms with Gasteiger partial charge >= 0.3 is 0 Å². The highest BCUT2D eigenvalue weighted by Crippen LogP contribution is 2.53. The number of hydrogen-bond acceptors (Lipinski definition) is 0. The topological polar surface area (TPSA) is 0 Å². The maximum absolute atomic E-state index is 2.45. The Balaban J connectivity index is 2.23. The molecule has 0 aliphatic heterocycles. The van der Waals surface area contributed by atoms with Gasteiger partial charge in [-0.2, -0.15) is 0 Å². The summed E-state index contributed by atoms with van der Waals surface area (Å²) in [4.78, 5) is 0. The summed E-state index contributed by atoms with van der Waals surface area (Å²) in [5.74, 6) is 1.93. The fourth-order valence-corrected chi connectivity index (χ4v) is 2.79. The molecule has 3 atom stereocenters. The maximum Gasteiger partial charge on any atom is -0.0112 e. The van der Waals surface area contributed by atoms with Crippen LogP contribution in [0.5, 0.6) is 0 Å². The van der Waals surface area contributed by atoms with Gasteiger partial charge in [-0.25, -0.2) is 0 Å². The van der Waals surface area contributed by atoms with E-state index in [1.54, 1.807) is 0 Å². The van der Waals surface area contributed by atoms with E-state index in [2.05, 4.69) is 26.0 Å². The van der Waals surface area contributed by atoms with Crippen LogP contribution in [0.4, 0.5) is 0 Å². The highest BCUT2D eigenvalue weighted by Gasteiger charge is 2.43. The first-order valence-electron chi connectivity index (χ1n) is 4.44. The summed E-state index contributed by atoms with van der Waals surface area (Å²) in [6.07, 6.45) is 9.15. The highest BCUT2D eigenvalue weighted by atomic mass is 14.5. The van der Waals surface area contributed by atoms with E-state index in [0.717, 1.165) is 11.8 Å². The van der Waals surface area contributed by atoms with Crippen LogP contribution in [0.2, 0.25) is 0 Å². The van der Waals surface area contributed by atoms with Gasteiger partial charge in [0.2, 0.25) is 0 Å². The third-order valence-corrected chi connectivity index (χ3v) is 3.46. The Hall–Kier alpha value is -0.260. The van der Waals surface area contributed by atoms with Crippen LogP contribution in [0.15, 0.2) is 12.2 Å². The monoisotopic (exact) mass is 136 g/mol. The molecule has 0 aromatic rings. The Morgan fingerprint density at radius 3 is 2.70 bits per heavy atom. The van der Waals surface area contributed by atoms with E-state index < -0.39 is 0 Å². The number of fused-ring (bicyclic) bond motifs is 2. The molecule has 56 valence electrons. The molecule has 1 fully saturated rings. The van der Waals surface area contributed by atoms with E-state index in [9.17, 15) is 0 Å². The predicted octanol–water partition coefficient (Wildman–Crippen LogP) is 3.00. The molecule has 2 aliphatic rings. The minimum absolute atomic E-state index is 0.597. The lowest BCUT2D eigenvalue weighted by atomic mass is 9.78. The lowest BCUT2D eigenvalue weighted by Gasteiger charge is -2.26. The molecular formula is C10H16. The Morgan fingerprint density at radius 1 is 1.60 bits per heavy atom. The molecule has 3 unspecified atom stereocenters.